The average molecular weight is 407 g/mol. The van der Waals surface area contributed by atoms with Crippen LogP contribution in [0.4, 0.5) is 0 Å². The van der Waals surface area contributed by atoms with Crippen molar-refractivity contribution in [3.63, 3.8) is 0 Å². The third-order valence-electron chi connectivity index (χ3n) is 4.44. The van der Waals surface area contributed by atoms with Crippen LogP contribution in [-0.2, 0) is 22.6 Å². The summed E-state index contributed by atoms with van der Waals surface area (Å²) in [6.07, 6.45) is 2.02. The van der Waals surface area contributed by atoms with E-state index in [0.29, 0.717) is 30.4 Å². The van der Waals surface area contributed by atoms with Gasteiger partial charge in [-0.3, -0.25) is 4.79 Å². The summed E-state index contributed by atoms with van der Waals surface area (Å²) < 4.78 is 16.4. The number of para-hydroxylation sites is 2. The Morgan fingerprint density at radius 3 is 2.57 bits per heavy atom. The molecule has 0 saturated carbocycles. The van der Waals surface area contributed by atoms with E-state index < -0.39 is 12.0 Å². The summed E-state index contributed by atoms with van der Waals surface area (Å²) in [6, 6.07) is 16.1. The maximum atomic E-state index is 11.8. The first-order chi connectivity index (χ1) is 14.6. The van der Waals surface area contributed by atoms with Gasteiger partial charge in [0.1, 0.15) is 24.1 Å². The summed E-state index contributed by atoms with van der Waals surface area (Å²) in [7, 11) is 1.61. The normalized spacial score (nSPS) is 11.6. The van der Waals surface area contributed by atoms with Crippen LogP contribution in [-0.4, -0.2) is 35.7 Å². The van der Waals surface area contributed by atoms with Crippen molar-refractivity contribution in [3.8, 4) is 22.9 Å². The van der Waals surface area contributed by atoms with Gasteiger partial charge in [-0.1, -0.05) is 30.3 Å². The molecule has 7 heteroatoms. The summed E-state index contributed by atoms with van der Waals surface area (Å²) >= 11 is 0. The van der Waals surface area contributed by atoms with Crippen LogP contribution in [0.1, 0.15) is 18.2 Å². The first-order valence-electron chi connectivity index (χ1n) is 9.70. The standard InChI is InChI=1S/C23H25N3O4/c1-3-29-23(27)19(24)14-16-8-4-6-10-20(16)30-15-17-12-13-25-22(26-17)18-9-5-7-11-21(18)28-2/h4-13,19H,3,14-15,24H2,1-2H3/t19-/m1/s1. The third kappa shape index (κ3) is 5.33. The van der Waals surface area contributed by atoms with Gasteiger partial charge in [-0.05, 0) is 36.8 Å². The molecule has 0 saturated heterocycles. The molecule has 1 aromatic heterocycles. The number of hydrogen-bond acceptors (Lipinski definition) is 7. The second-order valence-electron chi connectivity index (χ2n) is 6.53. The van der Waals surface area contributed by atoms with E-state index in [1.807, 2.05) is 48.5 Å². The van der Waals surface area contributed by atoms with Gasteiger partial charge in [-0.2, -0.15) is 0 Å². The maximum absolute atomic E-state index is 11.8. The number of nitrogens with two attached hydrogens (primary N) is 1. The Bertz CT molecular complexity index is 993. The molecule has 0 aliphatic heterocycles. The molecule has 3 aromatic rings. The molecule has 7 nitrogen and oxygen atoms in total. The Morgan fingerprint density at radius 2 is 1.80 bits per heavy atom. The fourth-order valence-corrected chi connectivity index (χ4v) is 2.97. The lowest BCUT2D eigenvalue weighted by Crippen LogP contribution is -2.34. The van der Waals surface area contributed by atoms with Gasteiger partial charge in [0.25, 0.3) is 0 Å². The molecule has 0 bridgehead atoms. The fraction of sp³-hybridized carbons (Fsp3) is 0.261. The highest BCUT2D eigenvalue weighted by Gasteiger charge is 2.17. The molecule has 1 heterocycles. The Hall–Kier alpha value is -3.45. The summed E-state index contributed by atoms with van der Waals surface area (Å²) in [5.41, 5.74) is 8.32. The predicted octanol–water partition coefficient (Wildman–Crippen LogP) is 3.16. The van der Waals surface area contributed by atoms with Gasteiger partial charge in [-0.15, -0.1) is 0 Å². The van der Waals surface area contributed by atoms with Gasteiger partial charge < -0.3 is 19.9 Å². The number of aromatic nitrogens is 2. The van der Waals surface area contributed by atoms with Crippen molar-refractivity contribution in [1.29, 1.82) is 0 Å². The van der Waals surface area contributed by atoms with E-state index in [1.165, 1.54) is 0 Å². The number of methoxy groups -OCH3 is 1. The lowest BCUT2D eigenvalue weighted by atomic mass is 10.1. The minimum atomic E-state index is -0.745. The monoisotopic (exact) mass is 407 g/mol. The van der Waals surface area contributed by atoms with Crippen molar-refractivity contribution < 1.29 is 19.0 Å². The van der Waals surface area contributed by atoms with Crippen LogP contribution in [0.3, 0.4) is 0 Å². The molecule has 156 valence electrons. The number of nitrogens with zero attached hydrogens (tertiary/aromatic N) is 2. The number of carbonyl (C=O) groups is 1. The number of benzene rings is 2. The van der Waals surface area contributed by atoms with Gasteiger partial charge >= 0.3 is 5.97 Å². The van der Waals surface area contributed by atoms with Crippen LogP contribution in [0.15, 0.2) is 60.8 Å². The molecular weight excluding hydrogens is 382 g/mol. The van der Waals surface area contributed by atoms with Gasteiger partial charge in [0.2, 0.25) is 0 Å². The van der Waals surface area contributed by atoms with E-state index in [2.05, 4.69) is 9.97 Å². The highest BCUT2D eigenvalue weighted by Crippen LogP contribution is 2.27. The third-order valence-corrected chi connectivity index (χ3v) is 4.44. The van der Waals surface area contributed by atoms with Crippen molar-refractivity contribution in [2.45, 2.75) is 26.0 Å². The minimum absolute atomic E-state index is 0.246. The number of hydrogen-bond donors (Lipinski definition) is 1. The summed E-state index contributed by atoms with van der Waals surface area (Å²) in [5, 5.41) is 0. The summed E-state index contributed by atoms with van der Waals surface area (Å²) in [4.78, 5) is 20.8. The van der Waals surface area contributed by atoms with Gasteiger partial charge in [-0.25, -0.2) is 9.97 Å². The molecular formula is C23H25N3O4. The number of ether oxygens (including phenoxy) is 3. The van der Waals surface area contributed by atoms with E-state index in [1.54, 1.807) is 26.3 Å². The second kappa shape index (κ2) is 10.4. The molecule has 2 aromatic carbocycles. The zero-order valence-corrected chi connectivity index (χ0v) is 17.1. The maximum Gasteiger partial charge on any atom is 0.323 e. The van der Waals surface area contributed by atoms with Crippen LogP contribution < -0.4 is 15.2 Å². The molecule has 0 aliphatic carbocycles. The van der Waals surface area contributed by atoms with Crippen LogP contribution in [0.25, 0.3) is 11.4 Å². The quantitative estimate of drug-likeness (QED) is 0.544. The average Bonchev–Trinajstić information content (AvgIpc) is 2.78. The molecule has 1 atom stereocenters. The van der Waals surface area contributed by atoms with Crippen LogP contribution >= 0.6 is 0 Å². The predicted molar refractivity (Wildman–Crippen MR) is 113 cm³/mol. The van der Waals surface area contributed by atoms with E-state index in [-0.39, 0.29) is 6.61 Å². The fourth-order valence-electron chi connectivity index (χ4n) is 2.97. The molecule has 0 fully saturated rings. The SMILES string of the molecule is CCOC(=O)[C@H](N)Cc1ccccc1OCc1ccnc(-c2ccccc2OC)n1. The van der Waals surface area contributed by atoms with Crippen molar-refractivity contribution >= 4 is 5.97 Å². The number of carbonyl (C=O) groups excluding carboxylic acids is 1. The highest BCUT2D eigenvalue weighted by molar-refractivity contribution is 5.76. The smallest absolute Gasteiger partial charge is 0.323 e. The molecule has 0 amide bonds. The zero-order valence-electron chi connectivity index (χ0n) is 17.1. The number of rotatable bonds is 9. The minimum Gasteiger partial charge on any atom is -0.496 e. The molecule has 3 rings (SSSR count). The van der Waals surface area contributed by atoms with Gasteiger partial charge in [0.05, 0.1) is 25.0 Å². The number of esters is 1. The van der Waals surface area contributed by atoms with E-state index >= 15 is 0 Å². The first kappa shape index (κ1) is 21.3. The van der Waals surface area contributed by atoms with Gasteiger partial charge in [0, 0.05) is 12.6 Å². The van der Waals surface area contributed by atoms with Crippen LogP contribution in [0, 0.1) is 0 Å². The Kier molecular flexibility index (Phi) is 7.34. The van der Waals surface area contributed by atoms with E-state index in [0.717, 1.165) is 16.8 Å². The van der Waals surface area contributed by atoms with Crippen LogP contribution in [0.2, 0.25) is 0 Å². The molecule has 0 unspecified atom stereocenters. The van der Waals surface area contributed by atoms with E-state index in [9.17, 15) is 4.79 Å². The van der Waals surface area contributed by atoms with Gasteiger partial charge in [0.15, 0.2) is 5.82 Å². The first-order valence-corrected chi connectivity index (χ1v) is 9.70. The summed E-state index contributed by atoms with van der Waals surface area (Å²) in [5.74, 6) is 1.49. The Morgan fingerprint density at radius 1 is 1.07 bits per heavy atom. The molecule has 2 N–H and O–H groups in total. The summed E-state index contributed by atoms with van der Waals surface area (Å²) in [6.45, 7) is 2.30. The molecule has 0 aliphatic rings. The van der Waals surface area contributed by atoms with Crippen LogP contribution in [0.5, 0.6) is 11.5 Å². The lowest BCUT2D eigenvalue weighted by Gasteiger charge is -2.15. The Balaban J connectivity index is 1.73. The zero-order chi connectivity index (χ0) is 21.3. The molecule has 30 heavy (non-hydrogen) atoms. The largest absolute Gasteiger partial charge is 0.496 e. The van der Waals surface area contributed by atoms with Crippen molar-refractivity contribution in [3.05, 3.63) is 72.1 Å². The van der Waals surface area contributed by atoms with Crippen molar-refractivity contribution in [2.75, 3.05) is 13.7 Å². The Labute approximate surface area is 175 Å². The van der Waals surface area contributed by atoms with E-state index in [4.69, 9.17) is 19.9 Å². The lowest BCUT2D eigenvalue weighted by molar-refractivity contribution is -0.144. The second-order valence-corrected chi connectivity index (χ2v) is 6.53. The molecule has 0 spiro atoms. The van der Waals surface area contributed by atoms with Crippen molar-refractivity contribution in [2.24, 2.45) is 5.73 Å². The highest BCUT2D eigenvalue weighted by atomic mass is 16.5. The topological polar surface area (TPSA) is 96.6 Å². The van der Waals surface area contributed by atoms with Crippen molar-refractivity contribution in [1.82, 2.24) is 9.97 Å². The molecule has 0 radical (unpaired) electrons.